The van der Waals surface area contributed by atoms with E-state index in [0.717, 1.165) is 23.8 Å². The SMILES string of the molecule is Nc1ccc2c(c1N=Nc1ccc(N(O)O)cc1S(=O)(=O)O)C=C(S(=O)(=O)O)C(=NN=C1C=CC(=C3C=CC(=NN=C4C(=O)C=Cc5cc([S+](=O)(O)O)ccc54)C=C3)C=C1)C2=O. The van der Waals surface area contributed by atoms with E-state index in [2.05, 4.69) is 30.6 Å². The molecule has 0 unspecified atom stereocenters. The Kier molecular flexibility index (Phi) is 11.4. The summed E-state index contributed by atoms with van der Waals surface area (Å²) in [4.78, 5) is 24.2. The van der Waals surface area contributed by atoms with Crippen LogP contribution >= 0.6 is 0 Å². The van der Waals surface area contributed by atoms with Gasteiger partial charge in [0.15, 0.2) is 5.71 Å². The van der Waals surface area contributed by atoms with E-state index >= 15 is 0 Å². The zero-order valence-corrected chi connectivity index (χ0v) is 33.4. The van der Waals surface area contributed by atoms with Crippen molar-refractivity contribution in [1.29, 1.82) is 0 Å². The van der Waals surface area contributed by atoms with Crippen LogP contribution < -0.4 is 11.0 Å². The number of benzene rings is 3. The van der Waals surface area contributed by atoms with Crippen LogP contribution in [0.1, 0.15) is 27.0 Å². The van der Waals surface area contributed by atoms with Gasteiger partial charge in [0.1, 0.15) is 26.9 Å². The summed E-state index contributed by atoms with van der Waals surface area (Å²) in [5.74, 6) is -1.46. The fourth-order valence-corrected chi connectivity index (χ4v) is 7.84. The van der Waals surface area contributed by atoms with E-state index in [9.17, 15) is 59.3 Å². The highest BCUT2D eigenvalue weighted by Gasteiger charge is 2.35. The van der Waals surface area contributed by atoms with Gasteiger partial charge in [-0.2, -0.15) is 36.1 Å². The van der Waals surface area contributed by atoms with Crippen molar-refractivity contribution in [2.45, 2.75) is 9.79 Å². The molecule has 3 aromatic rings. The Bertz CT molecular complexity index is 3170. The molecular formula is C38H27N8O13S3+. The summed E-state index contributed by atoms with van der Waals surface area (Å²) >= 11 is 0. The van der Waals surface area contributed by atoms with Crippen molar-refractivity contribution >= 4 is 100 Å². The van der Waals surface area contributed by atoms with Gasteiger partial charge in [-0.25, -0.2) is 0 Å². The lowest BCUT2D eigenvalue weighted by molar-refractivity contribution is -0.108. The summed E-state index contributed by atoms with van der Waals surface area (Å²) in [6, 6.07) is 8.96. The summed E-state index contributed by atoms with van der Waals surface area (Å²) in [5.41, 5.74) is 6.09. The molecule has 0 fully saturated rings. The summed E-state index contributed by atoms with van der Waals surface area (Å²) in [7, 11) is -14.4. The molecule has 0 radical (unpaired) electrons. The van der Waals surface area contributed by atoms with E-state index in [4.69, 9.17) is 5.73 Å². The lowest BCUT2D eigenvalue weighted by atomic mass is 9.92. The number of hydrogen-bond acceptors (Lipinski definition) is 17. The van der Waals surface area contributed by atoms with Gasteiger partial charge in [0, 0.05) is 28.8 Å². The lowest BCUT2D eigenvalue weighted by Crippen LogP contribution is -2.26. The van der Waals surface area contributed by atoms with E-state index in [-0.39, 0.29) is 38.8 Å². The smallest absolute Gasteiger partial charge is 0.386 e. The first-order valence-corrected chi connectivity index (χ1v) is 21.6. The van der Waals surface area contributed by atoms with Gasteiger partial charge in [-0.15, -0.1) is 25.7 Å². The topological polar surface area (TPSA) is 344 Å². The Balaban J connectivity index is 1.12. The second-order valence-corrected chi connectivity index (χ2v) is 17.3. The van der Waals surface area contributed by atoms with Gasteiger partial charge in [0.25, 0.3) is 20.2 Å². The average molecular weight is 900 g/mol. The van der Waals surface area contributed by atoms with Crippen molar-refractivity contribution in [2.24, 2.45) is 30.6 Å². The third-order valence-electron chi connectivity index (χ3n) is 9.04. The van der Waals surface area contributed by atoms with Crippen LogP contribution in [-0.2, 0) is 39.7 Å². The van der Waals surface area contributed by atoms with Crippen LogP contribution in [0.2, 0.25) is 0 Å². The van der Waals surface area contributed by atoms with Crippen LogP contribution in [0.25, 0.3) is 12.2 Å². The zero-order chi connectivity index (χ0) is 44.7. The van der Waals surface area contributed by atoms with Gasteiger partial charge < -0.3 is 5.73 Å². The number of fused-ring (bicyclic) bond motifs is 2. The minimum absolute atomic E-state index is 0.0122. The second kappa shape index (κ2) is 16.4. The predicted octanol–water partition coefficient (Wildman–Crippen LogP) is 5.53. The Morgan fingerprint density at radius 3 is 1.81 bits per heavy atom. The molecule has 0 saturated carbocycles. The number of nitrogen functional groups attached to an aromatic ring is 1. The molecule has 314 valence electrons. The number of anilines is 2. The molecule has 0 atom stereocenters. The number of nitrogens with zero attached hydrogens (tertiary/aromatic N) is 7. The number of azo groups is 1. The quantitative estimate of drug-likeness (QED) is 0.0480. The third-order valence-corrected chi connectivity index (χ3v) is 11.7. The average Bonchev–Trinajstić information content (AvgIpc) is 3.21. The first kappa shape index (κ1) is 43.0. The van der Waals surface area contributed by atoms with Crippen molar-refractivity contribution in [2.75, 3.05) is 11.0 Å². The molecule has 62 heavy (non-hydrogen) atoms. The number of allylic oxidation sites excluding steroid dienone is 12. The number of carbonyl (C=O) groups excluding carboxylic acids is 2. The number of Topliss-reactive ketones (excluding diaryl/α,β-unsaturated/α-hetero) is 1. The highest BCUT2D eigenvalue weighted by atomic mass is 32.3. The van der Waals surface area contributed by atoms with E-state index in [1.165, 1.54) is 54.6 Å². The van der Waals surface area contributed by atoms with Gasteiger partial charge in [-0.05, 0) is 93.8 Å². The number of hydrogen-bond donors (Lipinski definition) is 7. The first-order valence-electron chi connectivity index (χ1n) is 17.2. The second-order valence-electron chi connectivity index (χ2n) is 13.0. The molecule has 0 aliphatic heterocycles. The summed E-state index contributed by atoms with van der Waals surface area (Å²) in [6.07, 6.45) is 16.6. The fourth-order valence-electron chi connectivity index (χ4n) is 6.03. The van der Waals surface area contributed by atoms with Gasteiger partial charge in [0.05, 0.1) is 22.8 Å². The third kappa shape index (κ3) is 8.98. The largest absolute Gasteiger partial charge is 0.397 e. The Labute approximate surface area is 350 Å². The fraction of sp³-hybridized carbons (Fsp3) is 0. The minimum atomic E-state index is -5.16. The number of rotatable bonds is 8. The predicted molar refractivity (Wildman–Crippen MR) is 226 cm³/mol. The Morgan fingerprint density at radius 1 is 0.645 bits per heavy atom. The summed E-state index contributed by atoms with van der Waals surface area (Å²) in [6.45, 7) is 0. The summed E-state index contributed by atoms with van der Waals surface area (Å²) < 4.78 is 99.5. The van der Waals surface area contributed by atoms with Crippen molar-refractivity contribution in [3.05, 3.63) is 142 Å². The van der Waals surface area contributed by atoms with Crippen molar-refractivity contribution in [1.82, 2.24) is 0 Å². The number of ketones is 2. The van der Waals surface area contributed by atoms with Crippen LogP contribution in [0.5, 0.6) is 0 Å². The van der Waals surface area contributed by atoms with Crippen molar-refractivity contribution in [3.63, 3.8) is 0 Å². The molecule has 4 aliphatic carbocycles. The van der Waals surface area contributed by atoms with Crippen LogP contribution in [0.4, 0.5) is 22.7 Å². The van der Waals surface area contributed by atoms with Crippen LogP contribution in [0.15, 0.2) is 160 Å². The number of nitrogens with two attached hydrogens (primary N) is 1. The molecule has 0 spiro atoms. The molecule has 8 N–H and O–H groups in total. The normalized spacial score (nSPS) is 17.6. The number of carbonyl (C=O) groups is 2. The van der Waals surface area contributed by atoms with Crippen molar-refractivity contribution < 1.29 is 59.3 Å². The van der Waals surface area contributed by atoms with Crippen molar-refractivity contribution in [3.8, 4) is 0 Å². The molecule has 7 rings (SSSR count). The molecule has 0 aromatic heterocycles. The molecule has 21 nitrogen and oxygen atoms in total. The Hall–Kier alpha value is -7.13. The first-order chi connectivity index (χ1) is 29.2. The van der Waals surface area contributed by atoms with E-state index in [1.54, 1.807) is 36.5 Å². The monoisotopic (exact) mass is 899 g/mol. The minimum Gasteiger partial charge on any atom is -0.397 e. The van der Waals surface area contributed by atoms with Crippen LogP contribution in [0, 0.1) is 0 Å². The molecule has 0 saturated heterocycles. The molecule has 3 aromatic carbocycles. The molecule has 0 amide bonds. The molecule has 0 bridgehead atoms. The standard InChI is InChI=1S/C38H26N8O13S3/c39-30-14-13-28-29(35(30)43-42-31-15-10-25(46(49)50)18-33(31)61(54,55)56)19-34(62(57,58)59)37(38(28)48)45-41-24-8-3-21(4-9-24)20-1-6-23(7-2-20)40-44-36-27-12-11-26(60(51,52)53)17-22(27)5-16-32(36)47/h1-19,49-50H,(H5-,39,42,48,51,52,53,54,55,56,57,58,59)/p+1. The molecule has 24 heteroatoms. The van der Waals surface area contributed by atoms with Gasteiger partial charge in [-0.1, -0.05) is 30.4 Å². The maximum Gasteiger partial charge on any atom is 0.386 e. The van der Waals surface area contributed by atoms with E-state index in [0.29, 0.717) is 28.5 Å². The Morgan fingerprint density at radius 2 is 1.24 bits per heavy atom. The van der Waals surface area contributed by atoms with Crippen LogP contribution in [-0.4, -0.2) is 79.9 Å². The maximum atomic E-state index is 13.7. The molecule has 0 heterocycles. The zero-order valence-electron chi connectivity index (χ0n) is 30.9. The van der Waals surface area contributed by atoms with E-state index in [1.807, 2.05) is 0 Å². The van der Waals surface area contributed by atoms with Gasteiger partial charge >= 0.3 is 10.5 Å². The summed E-state index contributed by atoms with van der Waals surface area (Å²) in [5, 5.41) is 41.9. The highest BCUT2D eigenvalue weighted by Crippen LogP contribution is 2.39. The highest BCUT2D eigenvalue weighted by molar-refractivity contribution is 7.92. The molecular weight excluding hydrogens is 873 g/mol. The lowest BCUT2D eigenvalue weighted by Gasteiger charge is -2.17. The van der Waals surface area contributed by atoms with Gasteiger partial charge in [0.2, 0.25) is 16.5 Å². The maximum absolute atomic E-state index is 13.7. The van der Waals surface area contributed by atoms with Crippen LogP contribution in [0.3, 0.4) is 0 Å². The van der Waals surface area contributed by atoms with Gasteiger partial charge in [-0.3, -0.25) is 29.1 Å². The van der Waals surface area contributed by atoms with E-state index < -0.39 is 74.4 Å². The molecule has 4 aliphatic rings.